The molecule has 0 aliphatic heterocycles. The molecule has 1 aromatic heterocycles. The van der Waals surface area contributed by atoms with Crippen LogP contribution in [0, 0.1) is 11.7 Å². The van der Waals surface area contributed by atoms with Crippen LogP contribution in [0.4, 0.5) is 10.3 Å². The van der Waals surface area contributed by atoms with Crippen molar-refractivity contribution >= 4 is 38.9 Å². The summed E-state index contributed by atoms with van der Waals surface area (Å²) in [5, 5.41) is 0. The van der Waals surface area contributed by atoms with Crippen LogP contribution in [0.2, 0.25) is 0 Å². The maximum atomic E-state index is 13.8. The maximum absolute atomic E-state index is 13.8. The molecule has 1 aromatic carbocycles. The van der Waals surface area contributed by atoms with Crippen molar-refractivity contribution in [1.82, 2.24) is 9.55 Å². The number of carbonyl (C=O) groups excluding carboxylic acids is 1. The van der Waals surface area contributed by atoms with Crippen molar-refractivity contribution in [3.8, 4) is 0 Å². The second kappa shape index (κ2) is 6.01. The first kappa shape index (κ1) is 15.8. The number of hydrogen-bond donors (Lipinski definition) is 1. The molecule has 1 atom stereocenters. The fourth-order valence-electron chi connectivity index (χ4n) is 2.33. The van der Waals surface area contributed by atoms with Crippen LogP contribution in [-0.4, -0.2) is 22.6 Å². The van der Waals surface area contributed by atoms with E-state index in [2.05, 4.69) is 20.9 Å². The highest BCUT2D eigenvalue weighted by Gasteiger charge is 2.27. The zero-order valence-corrected chi connectivity index (χ0v) is 13.6. The summed E-state index contributed by atoms with van der Waals surface area (Å²) in [6.07, 6.45) is 0.528. The molecule has 0 spiro atoms. The topological polar surface area (TPSA) is 70.1 Å². The van der Waals surface area contributed by atoms with Gasteiger partial charge in [-0.2, -0.15) is 0 Å². The lowest BCUT2D eigenvalue weighted by atomic mass is 10.0. The number of nitrogen functional groups attached to an aromatic ring is 1. The number of imidazole rings is 1. The quantitative estimate of drug-likeness (QED) is 0.852. The Labute approximate surface area is 130 Å². The van der Waals surface area contributed by atoms with Gasteiger partial charge in [-0.05, 0) is 34.3 Å². The standard InChI is InChI=1S/C14H17BrFN3O2/c1-7(2)4-12(13(20)21-3)19-11-6-9(16)8(15)5-10(11)18-14(19)17/h5-7,12H,4H2,1-3H3,(H2,17,18). The van der Waals surface area contributed by atoms with Crippen LogP contribution in [0.15, 0.2) is 16.6 Å². The molecule has 21 heavy (non-hydrogen) atoms. The van der Waals surface area contributed by atoms with Gasteiger partial charge >= 0.3 is 5.97 Å². The maximum Gasteiger partial charge on any atom is 0.328 e. The first-order valence-corrected chi connectivity index (χ1v) is 7.34. The highest BCUT2D eigenvalue weighted by atomic mass is 79.9. The summed E-state index contributed by atoms with van der Waals surface area (Å²) in [6, 6.07) is 2.24. The van der Waals surface area contributed by atoms with Crippen LogP contribution in [0.1, 0.15) is 26.3 Å². The number of fused-ring (bicyclic) bond motifs is 1. The van der Waals surface area contributed by atoms with Gasteiger partial charge in [-0.3, -0.25) is 4.57 Å². The lowest BCUT2D eigenvalue weighted by Gasteiger charge is -2.20. The number of nitrogens with two attached hydrogens (primary N) is 1. The Hall–Kier alpha value is -1.63. The minimum Gasteiger partial charge on any atom is -0.467 e. The van der Waals surface area contributed by atoms with Crippen molar-refractivity contribution < 1.29 is 13.9 Å². The Kier molecular flexibility index (Phi) is 4.51. The molecule has 2 aromatic rings. The Morgan fingerprint density at radius 1 is 1.52 bits per heavy atom. The second-order valence-corrected chi connectivity index (χ2v) is 6.12. The molecule has 1 unspecified atom stereocenters. The Balaban J connectivity index is 2.64. The Bertz CT molecular complexity index is 684. The summed E-state index contributed by atoms with van der Waals surface area (Å²) < 4.78 is 20.5. The van der Waals surface area contributed by atoms with E-state index < -0.39 is 17.8 Å². The van der Waals surface area contributed by atoms with Crippen LogP contribution >= 0.6 is 15.9 Å². The summed E-state index contributed by atoms with van der Waals surface area (Å²) in [5.41, 5.74) is 6.93. The van der Waals surface area contributed by atoms with E-state index in [1.54, 1.807) is 6.07 Å². The van der Waals surface area contributed by atoms with Crippen molar-refractivity contribution in [2.45, 2.75) is 26.3 Å². The number of rotatable bonds is 4. The molecule has 2 N–H and O–H groups in total. The molecule has 0 radical (unpaired) electrons. The minimum absolute atomic E-state index is 0.165. The summed E-state index contributed by atoms with van der Waals surface area (Å²) in [7, 11) is 1.32. The molecular formula is C14H17BrFN3O2. The van der Waals surface area contributed by atoms with Gasteiger partial charge < -0.3 is 10.5 Å². The zero-order chi connectivity index (χ0) is 15.7. The molecular weight excluding hydrogens is 341 g/mol. The van der Waals surface area contributed by atoms with Crippen molar-refractivity contribution in [3.63, 3.8) is 0 Å². The van der Waals surface area contributed by atoms with E-state index in [1.165, 1.54) is 17.7 Å². The highest BCUT2D eigenvalue weighted by molar-refractivity contribution is 9.10. The summed E-state index contributed by atoms with van der Waals surface area (Å²) >= 11 is 3.11. The number of esters is 1. The molecule has 0 aliphatic carbocycles. The minimum atomic E-state index is -0.624. The van der Waals surface area contributed by atoms with E-state index in [0.29, 0.717) is 21.9 Å². The number of carbonyl (C=O) groups is 1. The van der Waals surface area contributed by atoms with Crippen molar-refractivity contribution in [1.29, 1.82) is 0 Å². The molecule has 0 saturated carbocycles. The summed E-state index contributed by atoms with van der Waals surface area (Å²) in [6.45, 7) is 3.98. The predicted molar refractivity (Wildman–Crippen MR) is 82.3 cm³/mol. The number of hydrogen-bond acceptors (Lipinski definition) is 4. The molecule has 0 fully saturated rings. The molecule has 0 bridgehead atoms. The Morgan fingerprint density at radius 3 is 2.76 bits per heavy atom. The van der Waals surface area contributed by atoms with E-state index in [1.807, 2.05) is 13.8 Å². The van der Waals surface area contributed by atoms with Gasteiger partial charge in [0.1, 0.15) is 11.9 Å². The number of methoxy groups -OCH3 is 1. The third kappa shape index (κ3) is 3.02. The van der Waals surface area contributed by atoms with Crippen LogP contribution < -0.4 is 5.73 Å². The summed E-state index contributed by atoms with van der Waals surface area (Å²) in [4.78, 5) is 16.3. The van der Waals surface area contributed by atoms with E-state index in [4.69, 9.17) is 10.5 Å². The second-order valence-electron chi connectivity index (χ2n) is 5.26. The van der Waals surface area contributed by atoms with Gasteiger partial charge in [0, 0.05) is 6.07 Å². The van der Waals surface area contributed by atoms with E-state index in [9.17, 15) is 9.18 Å². The van der Waals surface area contributed by atoms with E-state index in [-0.39, 0.29) is 11.9 Å². The third-order valence-corrected chi connectivity index (χ3v) is 3.85. The summed E-state index contributed by atoms with van der Waals surface area (Å²) in [5.74, 6) is -0.445. The highest BCUT2D eigenvalue weighted by Crippen LogP contribution is 2.30. The van der Waals surface area contributed by atoms with Crippen molar-refractivity contribution in [2.75, 3.05) is 12.8 Å². The fourth-order valence-corrected chi connectivity index (χ4v) is 2.66. The van der Waals surface area contributed by atoms with Gasteiger partial charge in [-0.1, -0.05) is 13.8 Å². The average molecular weight is 358 g/mol. The van der Waals surface area contributed by atoms with Crippen molar-refractivity contribution in [2.24, 2.45) is 5.92 Å². The first-order chi connectivity index (χ1) is 9.85. The SMILES string of the molecule is COC(=O)C(CC(C)C)n1c(N)nc2cc(Br)c(F)cc21. The molecule has 0 saturated heterocycles. The monoisotopic (exact) mass is 357 g/mol. The fraction of sp³-hybridized carbons (Fsp3) is 0.429. The number of ether oxygens (including phenoxy) is 1. The number of aromatic nitrogens is 2. The zero-order valence-electron chi connectivity index (χ0n) is 12.1. The molecule has 1 heterocycles. The molecule has 7 heteroatoms. The molecule has 5 nitrogen and oxygen atoms in total. The number of anilines is 1. The normalized spacial score (nSPS) is 12.9. The number of halogens is 2. The molecule has 2 rings (SSSR count). The third-order valence-electron chi connectivity index (χ3n) is 3.24. The van der Waals surface area contributed by atoms with Gasteiger partial charge in [0.25, 0.3) is 0 Å². The largest absolute Gasteiger partial charge is 0.467 e. The van der Waals surface area contributed by atoms with Crippen LogP contribution in [0.5, 0.6) is 0 Å². The average Bonchev–Trinajstić information content (AvgIpc) is 2.71. The molecule has 0 amide bonds. The van der Waals surface area contributed by atoms with Gasteiger partial charge in [0.05, 0.1) is 22.6 Å². The van der Waals surface area contributed by atoms with Gasteiger partial charge in [0.2, 0.25) is 5.95 Å². The Morgan fingerprint density at radius 2 is 2.19 bits per heavy atom. The van der Waals surface area contributed by atoms with Gasteiger partial charge in [-0.15, -0.1) is 0 Å². The van der Waals surface area contributed by atoms with Crippen molar-refractivity contribution in [3.05, 3.63) is 22.4 Å². The van der Waals surface area contributed by atoms with Crippen LogP contribution in [0.25, 0.3) is 11.0 Å². The lowest BCUT2D eigenvalue weighted by molar-refractivity contribution is -0.145. The smallest absolute Gasteiger partial charge is 0.328 e. The van der Waals surface area contributed by atoms with Gasteiger partial charge in [0.15, 0.2) is 0 Å². The van der Waals surface area contributed by atoms with E-state index in [0.717, 1.165) is 0 Å². The first-order valence-electron chi connectivity index (χ1n) is 6.55. The predicted octanol–water partition coefficient (Wildman–Crippen LogP) is 3.28. The number of nitrogens with zero attached hydrogens (tertiary/aromatic N) is 2. The molecule has 0 aliphatic rings. The number of benzene rings is 1. The van der Waals surface area contributed by atoms with E-state index >= 15 is 0 Å². The molecule has 114 valence electrons. The van der Waals surface area contributed by atoms with Gasteiger partial charge in [-0.25, -0.2) is 14.2 Å². The van der Waals surface area contributed by atoms with Crippen LogP contribution in [-0.2, 0) is 9.53 Å². The van der Waals surface area contributed by atoms with Crippen LogP contribution in [0.3, 0.4) is 0 Å². The lowest BCUT2D eigenvalue weighted by Crippen LogP contribution is -2.23.